The molecule has 0 spiro atoms. The first kappa shape index (κ1) is 16.3. The number of benzene rings is 1. The lowest BCUT2D eigenvalue weighted by molar-refractivity contribution is 0.155. The molecule has 4 nitrogen and oxygen atoms in total. The zero-order valence-corrected chi connectivity index (χ0v) is 13.3. The molecule has 1 aromatic carbocycles. The zero-order valence-electron chi connectivity index (χ0n) is 13.3. The van der Waals surface area contributed by atoms with Gasteiger partial charge >= 0.3 is 0 Å². The molecule has 0 aromatic heterocycles. The fourth-order valence-electron chi connectivity index (χ4n) is 2.91. The molecule has 0 bridgehead atoms. The fourth-order valence-corrected chi connectivity index (χ4v) is 2.91. The Labute approximate surface area is 128 Å². The fraction of sp³-hybridized carbons (Fsp3) is 0.647. The Morgan fingerprint density at radius 3 is 2.95 bits per heavy atom. The van der Waals surface area contributed by atoms with Crippen LogP contribution in [0.4, 0.5) is 0 Å². The molecule has 0 fully saturated rings. The molecule has 1 aromatic rings. The summed E-state index contributed by atoms with van der Waals surface area (Å²) in [4.78, 5) is 2.44. The van der Waals surface area contributed by atoms with Crippen LogP contribution < -0.4 is 10.1 Å². The Morgan fingerprint density at radius 1 is 1.38 bits per heavy atom. The van der Waals surface area contributed by atoms with Crippen molar-refractivity contribution in [1.29, 1.82) is 0 Å². The number of hydrogen-bond donors (Lipinski definition) is 2. The van der Waals surface area contributed by atoms with Crippen LogP contribution in [0, 0.1) is 0 Å². The van der Waals surface area contributed by atoms with Crippen molar-refractivity contribution in [3.8, 4) is 5.75 Å². The molecule has 0 saturated heterocycles. The van der Waals surface area contributed by atoms with E-state index in [-0.39, 0.29) is 12.1 Å². The van der Waals surface area contributed by atoms with Crippen molar-refractivity contribution in [2.75, 3.05) is 32.8 Å². The van der Waals surface area contributed by atoms with Crippen LogP contribution in [-0.4, -0.2) is 48.4 Å². The van der Waals surface area contributed by atoms with Crippen LogP contribution in [-0.2, 0) is 6.54 Å². The van der Waals surface area contributed by atoms with Gasteiger partial charge in [-0.25, -0.2) is 0 Å². The molecule has 21 heavy (non-hydrogen) atoms. The summed E-state index contributed by atoms with van der Waals surface area (Å²) in [6, 6.07) is 8.29. The Hall–Kier alpha value is -1.10. The van der Waals surface area contributed by atoms with Crippen molar-refractivity contribution in [1.82, 2.24) is 10.2 Å². The smallest absolute Gasteiger partial charge is 0.123 e. The molecule has 1 atom stereocenters. The van der Waals surface area contributed by atoms with Gasteiger partial charge in [0.2, 0.25) is 0 Å². The number of nitrogens with zero attached hydrogens (tertiary/aromatic N) is 1. The summed E-state index contributed by atoms with van der Waals surface area (Å²) in [5, 5.41) is 12.9. The number of likely N-dealkylation sites (N-methyl/N-ethyl adjacent to an activating group) is 1. The third kappa shape index (κ3) is 4.70. The average molecular weight is 292 g/mol. The van der Waals surface area contributed by atoms with E-state index in [1.54, 1.807) is 0 Å². The highest BCUT2D eigenvalue weighted by Crippen LogP contribution is 2.23. The number of rotatable bonds is 7. The number of para-hydroxylation sites is 1. The minimum Gasteiger partial charge on any atom is -0.492 e. The molecule has 1 aliphatic rings. The van der Waals surface area contributed by atoms with Gasteiger partial charge in [0.1, 0.15) is 12.4 Å². The second kappa shape index (κ2) is 7.78. The van der Waals surface area contributed by atoms with Crippen LogP contribution in [0.1, 0.15) is 32.3 Å². The van der Waals surface area contributed by atoms with Gasteiger partial charge in [-0.2, -0.15) is 0 Å². The average Bonchev–Trinajstić information content (AvgIpc) is 2.69. The van der Waals surface area contributed by atoms with Gasteiger partial charge in [-0.05, 0) is 38.9 Å². The molecule has 1 unspecified atom stereocenters. The number of aliphatic hydroxyl groups excluding tert-OH is 1. The molecule has 2 N–H and O–H groups in total. The second-order valence-corrected chi connectivity index (χ2v) is 6.08. The summed E-state index contributed by atoms with van der Waals surface area (Å²) in [6.07, 6.45) is 2.06. The van der Waals surface area contributed by atoms with Crippen LogP contribution in [0.25, 0.3) is 0 Å². The summed E-state index contributed by atoms with van der Waals surface area (Å²) in [7, 11) is 0. The van der Waals surface area contributed by atoms with E-state index >= 15 is 0 Å². The topological polar surface area (TPSA) is 44.7 Å². The predicted molar refractivity (Wildman–Crippen MR) is 85.6 cm³/mol. The number of nitrogens with one attached hydrogen (secondary N) is 1. The highest BCUT2D eigenvalue weighted by atomic mass is 16.5. The predicted octanol–water partition coefficient (Wildman–Crippen LogP) is 2.02. The van der Waals surface area contributed by atoms with Gasteiger partial charge in [-0.3, -0.25) is 4.90 Å². The number of ether oxygens (including phenoxy) is 1. The minimum absolute atomic E-state index is 0.158. The monoisotopic (exact) mass is 292 g/mol. The minimum atomic E-state index is -0.158. The van der Waals surface area contributed by atoms with Gasteiger partial charge in [0.25, 0.3) is 0 Å². The van der Waals surface area contributed by atoms with Gasteiger partial charge in [0.05, 0.1) is 6.61 Å². The Balaban J connectivity index is 1.84. The highest BCUT2D eigenvalue weighted by molar-refractivity contribution is 5.33. The van der Waals surface area contributed by atoms with Crippen molar-refractivity contribution in [2.45, 2.75) is 38.8 Å². The van der Waals surface area contributed by atoms with Gasteiger partial charge < -0.3 is 15.2 Å². The Bertz CT molecular complexity index is 439. The lowest BCUT2D eigenvalue weighted by Gasteiger charge is -2.29. The Kier molecular flexibility index (Phi) is 6.03. The quantitative estimate of drug-likeness (QED) is 0.807. The lowest BCUT2D eigenvalue weighted by atomic mass is 9.96. The van der Waals surface area contributed by atoms with Gasteiger partial charge in [-0.1, -0.05) is 25.1 Å². The third-order valence-corrected chi connectivity index (χ3v) is 4.19. The van der Waals surface area contributed by atoms with E-state index in [0.717, 1.165) is 51.4 Å². The normalized spacial score (nSPS) is 18.4. The maximum Gasteiger partial charge on any atom is 0.123 e. The summed E-state index contributed by atoms with van der Waals surface area (Å²) >= 11 is 0. The molecule has 0 amide bonds. The van der Waals surface area contributed by atoms with Crippen LogP contribution >= 0.6 is 0 Å². The summed E-state index contributed by atoms with van der Waals surface area (Å²) in [5.74, 6) is 1.02. The van der Waals surface area contributed by atoms with E-state index < -0.39 is 0 Å². The maximum absolute atomic E-state index is 9.53. The van der Waals surface area contributed by atoms with E-state index in [1.807, 2.05) is 12.1 Å². The first-order chi connectivity index (χ1) is 10.2. The largest absolute Gasteiger partial charge is 0.492 e. The molecular weight excluding hydrogens is 264 g/mol. The number of fused-ring (bicyclic) bond motifs is 1. The summed E-state index contributed by atoms with van der Waals surface area (Å²) < 4.78 is 5.79. The lowest BCUT2D eigenvalue weighted by Crippen LogP contribution is -2.46. The molecular formula is C17H28N2O2. The van der Waals surface area contributed by atoms with Crippen LogP contribution in [0.15, 0.2) is 24.3 Å². The molecule has 1 aliphatic heterocycles. The van der Waals surface area contributed by atoms with Crippen LogP contribution in [0.2, 0.25) is 0 Å². The SMILES string of the molecule is CCNC(C)(CO)CCCN1CCOc2ccccc2C1. The van der Waals surface area contributed by atoms with Crippen molar-refractivity contribution in [3.05, 3.63) is 29.8 Å². The van der Waals surface area contributed by atoms with E-state index in [1.165, 1.54) is 5.56 Å². The maximum atomic E-state index is 9.53. The molecule has 0 aliphatic carbocycles. The highest BCUT2D eigenvalue weighted by Gasteiger charge is 2.22. The zero-order chi connectivity index (χ0) is 15.1. The Morgan fingerprint density at radius 2 is 2.19 bits per heavy atom. The molecule has 1 heterocycles. The van der Waals surface area contributed by atoms with E-state index in [4.69, 9.17) is 4.74 Å². The van der Waals surface area contributed by atoms with E-state index in [2.05, 4.69) is 36.2 Å². The van der Waals surface area contributed by atoms with Crippen molar-refractivity contribution in [3.63, 3.8) is 0 Å². The van der Waals surface area contributed by atoms with Gasteiger partial charge in [0.15, 0.2) is 0 Å². The molecule has 0 saturated carbocycles. The third-order valence-electron chi connectivity index (χ3n) is 4.19. The molecule has 4 heteroatoms. The number of aliphatic hydroxyl groups is 1. The van der Waals surface area contributed by atoms with E-state index in [9.17, 15) is 5.11 Å². The molecule has 118 valence electrons. The van der Waals surface area contributed by atoms with Crippen LogP contribution in [0.3, 0.4) is 0 Å². The van der Waals surface area contributed by atoms with E-state index in [0.29, 0.717) is 0 Å². The first-order valence-electron chi connectivity index (χ1n) is 7.96. The van der Waals surface area contributed by atoms with Gasteiger partial charge in [0, 0.05) is 24.2 Å². The second-order valence-electron chi connectivity index (χ2n) is 6.08. The van der Waals surface area contributed by atoms with Crippen molar-refractivity contribution in [2.24, 2.45) is 0 Å². The molecule has 2 rings (SSSR count). The standard InChI is InChI=1S/C17H28N2O2/c1-3-18-17(2,14-20)9-6-10-19-11-12-21-16-8-5-4-7-15(16)13-19/h4-5,7-8,18,20H,3,6,9-14H2,1-2H3. The van der Waals surface area contributed by atoms with Gasteiger partial charge in [-0.15, -0.1) is 0 Å². The summed E-state index contributed by atoms with van der Waals surface area (Å²) in [5.41, 5.74) is 1.11. The van der Waals surface area contributed by atoms with Crippen molar-refractivity contribution < 1.29 is 9.84 Å². The number of hydrogen-bond acceptors (Lipinski definition) is 4. The molecule has 0 radical (unpaired) electrons. The van der Waals surface area contributed by atoms with Crippen LogP contribution in [0.5, 0.6) is 5.75 Å². The van der Waals surface area contributed by atoms with Crippen molar-refractivity contribution >= 4 is 0 Å². The first-order valence-corrected chi connectivity index (χ1v) is 7.96. The summed E-state index contributed by atoms with van der Waals surface area (Å²) in [6.45, 7) is 8.96.